The summed E-state index contributed by atoms with van der Waals surface area (Å²) in [6.45, 7) is 17.1. The molecule has 3 aromatic heterocycles. The molecule has 3 saturated heterocycles. The summed E-state index contributed by atoms with van der Waals surface area (Å²) in [4.78, 5) is 20.5. The smallest absolute Gasteiger partial charge is 0.155 e. The number of hydrogen-bond donors (Lipinski definition) is 0. The van der Waals surface area contributed by atoms with Crippen LogP contribution < -0.4 is 4.90 Å². The quantitative estimate of drug-likeness (QED) is 0.534. The molecule has 0 saturated carbocycles. The van der Waals surface area contributed by atoms with Crippen molar-refractivity contribution in [2.45, 2.75) is 40.7 Å². The fourth-order valence-corrected chi connectivity index (χ4v) is 5.25. The first-order valence-corrected chi connectivity index (χ1v) is 12.5. The molecule has 0 radical (unpaired) electrons. The number of fused-ring (bicyclic) bond motifs is 1. The number of pyridine rings is 1. The lowest BCUT2D eigenvalue weighted by Crippen LogP contribution is -2.71. The zero-order chi connectivity index (χ0) is 25.2. The Morgan fingerprint density at radius 1 is 1.06 bits per heavy atom. The third-order valence-electron chi connectivity index (χ3n) is 6.70. The molecule has 0 bridgehead atoms. The van der Waals surface area contributed by atoms with E-state index in [-0.39, 0.29) is 0 Å². The summed E-state index contributed by atoms with van der Waals surface area (Å²) in [5, 5.41) is 13.8. The maximum Gasteiger partial charge on any atom is 0.155 e. The minimum absolute atomic E-state index is 0.474. The van der Waals surface area contributed by atoms with Crippen molar-refractivity contribution in [1.82, 2.24) is 34.5 Å². The van der Waals surface area contributed by atoms with Crippen molar-refractivity contribution in [2.24, 2.45) is 5.41 Å². The van der Waals surface area contributed by atoms with Crippen molar-refractivity contribution in [2.75, 3.05) is 57.8 Å². The van der Waals surface area contributed by atoms with Gasteiger partial charge in [-0.15, -0.1) is 0 Å². The van der Waals surface area contributed by atoms with Crippen LogP contribution in [-0.2, 0) is 0 Å². The number of nitriles is 1. The monoisotopic (exact) mass is 475 g/mol. The Kier molecular flexibility index (Phi) is 7.33. The Labute approximate surface area is 208 Å². The van der Waals surface area contributed by atoms with E-state index in [0.717, 1.165) is 54.4 Å². The van der Waals surface area contributed by atoms with Crippen LogP contribution in [-0.4, -0.2) is 87.4 Å². The molecule has 1 spiro atoms. The highest BCUT2D eigenvalue weighted by atomic mass is 15.4. The Balaban J connectivity index is 0.000000167. The van der Waals surface area contributed by atoms with E-state index in [4.69, 9.17) is 10.2 Å². The summed E-state index contributed by atoms with van der Waals surface area (Å²) in [6.07, 6.45) is 5.82. The van der Waals surface area contributed by atoms with Crippen LogP contribution in [0.15, 0.2) is 24.7 Å². The predicted molar refractivity (Wildman–Crippen MR) is 138 cm³/mol. The average molecular weight is 476 g/mol. The van der Waals surface area contributed by atoms with Crippen LogP contribution >= 0.6 is 0 Å². The van der Waals surface area contributed by atoms with E-state index in [0.29, 0.717) is 18.0 Å². The number of nitrogens with zero attached hydrogens (tertiary/aromatic N) is 9. The molecule has 0 unspecified atom stereocenters. The molecule has 3 aromatic rings. The predicted octanol–water partition coefficient (Wildman–Crippen LogP) is 2.99. The summed E-state index contributed by atoms with van der Waals surface area (Å²) in [5.74, 6) is 1.84. The number of aryl methyl sites for hydroxylation is 3. The molecule has 0 atom stereocenters. The van der Waals surface area contributed by atoms with Crippen molar-refractivity contribution in [3.05, 3.63) is 41.7 Å². The molecule has 9 heteroatoms. The molecule has 35 heavy (non-hydrogen) atoms. The second kappa shape index (κ2) is 10.3. The van der Waals surface area contributed by atoms with Gasteiger partial charge in [-0.25, -0.2) is 15.0 Å². The van der Waals surface area contributed by atoms with Crippen molar-refractivity contribution in [3.63, 3.8) is 0 Å². The lowest BCUT2D eigenvalue weighted by molar-refractivity contribution is -0.00267. The van der Waals surface area contributed by atoms with Gasteiger partial charge in [0.05, 0.1) is 24.9 Å². The van der Waals surface area contributed by atoms with Crippen molar-refractivity contribution >= 4 is 16.7 Å². The average Bonchev–Trinajstić information content (AvgIpc) is 3.19. The van der Waals surface area contributed by atoms with E-state index in [1.54, 1.807) is 0 Å². The largest absolute Gasteiger partial charge is 0.353 e. The Hall–Kier alpha value is -3.09. The van der Waals surface area contributed by atoms with Gasteiger partial charge in [0.1, 0.15) is 11.3 Å². The molecular formula is C26H37N9. The van der Waals surface area contributed by atoms with E-state index in [2.05, 4.69) is 48.9 Å². The Morgan fingerprint density at radius 2 is 1.77 bits per heavy atom. The summed E-state index contributed by atoms with van der Waals surface area (Å²) in [5.41, 5.74) is 3.73. The second-order valence-corrected chi connectivity index (χ2v) is 9.97. The van der Waals surface area contributed by atoms with Crippen LogP contribution in [0, 0.1) is 37.5 Å². The van der Waals surface area contributed by atoms with Gasteiger partial charge < -0.3 is 9.80 Å². The maximum absolute atomic E-state index is 8.45. The minimum atomic E-state index is 0.474. The summed E-state index contributed by atoms with van der Waals surface area (Å²) < 4.78 is 1.99. The van der Waals surface area contributed by atoms with E-state index >= 15 is 0 Å². The summed E-state index contributed by atoms with van der Waals surface area (Å²) in [6, 6.07) is 4.68. The number of rotatable bonds is 3. The third kappa shape index (κ3) is 5.29. The van der Waals surface area contributed by atoms with Gasteiger partial charge in [0.2, 0.25) is 0 Å². The highest BCUT2D eigenvalue weighted by molar-refractivity contribution is 5.89. The van der Waals surface area contributed by atoms with Crippen LogP contribution in [0.1, 0.15) is 37.0 Å². The molecule has 0 amide bonds. The normalized spacial score (nSPS) is 18.9. The maximum atomic E-state index is 8.45. The fraction of sp³-hybridized carbons (Fsp3) is 0.577. The van der Waals surface area contributed by atoms with Crippen LogP contribution in [0.25, 0.3) is 10.9 Å². The van der Waals surface area contributed by atoms with E-state index in [1.165, 1.54) is 18.7 Å². The van der Waals surface area contributed by atoms with Crippen LogP contribution in [0.3, 0.4) is 0 Å². The lowest BCUT2D eigenvalue weighted by atomic mass is 9.73. The van der Waals surface area contributed by atoms with Gasteiger partial charge in [-0.3, -0.25) is 9.58 Å². The first-order chi connectivity index (χ1) is 16.8. The molecule has 6 heterocycles. The number of aromatic nitrogens is 5. The molecule has 3 aliphatic rings. The second-order valence-electron chi connectivity index (χ2n) is 9.97. The number of likely N-dealkylation sites (tertiary alicyclic amines) is 2. The molecule has 0 N–H and O–H groups in total. The van der Waals surface area contributed by atoms with Crippen LogP contribution in [0.4, 0.5) is 5.82 Å². The number of hydrogen-bond acceptors (Lipinski definition) is 8. The van der Waals surface area contributed by atoms with Crippen molar-refractivity contribution in [1.29, 1.82) is 5.26 Å². The zero-order valence-corrected chi connectivity index (χ0v) is 21.9. The van der Waals surface area contributed by atoms with Gasteiger partial charge in [-0.05, 0) is 39.4 Å². The molecule has 0 aromatic carbocycles. The van der Waals surface area contributed by atoms with Gasteiger partial charge in [-0.2, -0.15) is 10.4 Å². The van der Waals surface area contributed by atoms with Crippen LogP contribution in [0.5, 0.6) is 0 Å². The molecule has 3 fully saturated rings. The first kappa shape index (κ1) is 25.0. The molecular weight excluding hydrogens is 438 g/mol. The standard InChI is InChI=1S/C15H19N5.C9H12N4.C2H6/c1-10-4-12-5-16-11(2)18-13(12)14(17-10)20-8-15(9-20)6-19(3)7-15;1-8-4-11-13(5-8)9-6-12(7-9)3-2-10;1-2/h4-5H,6-9H2,1-3H3;4-5,9H,3,6-7H2,1H3;1-2H3. The topological polar surface area (TPSA) is 90.0 Å². The molecule has 9 nitrogen and oxygen atoms in total. The summed E-state index contributed by atoms with van der Waals surface area (Å²) in [7, 11) is 2.19. The van der Waals surface area contributed by atoms with E-state index in [9.17, 15) is 0 Å². The third-order valence-corrected chi connectivity index (χ3v) is 6.70. The van der Waals surface area contributed by atoms with Gasteiger partial charge in [0, 0.05) is 68.2 Å². The van der Waals surface area contributed by atoms with Crippen molar-refractivity contribution in [3.8, 4) is 6.07 Å². The van der Waals surface area contributed by atoms with E-state index in [1.807, 2.05) is 57.9 Å². The fourth-order valence-electron chi connectivity index (χ4n) is 5.25. The highest BCUT2D eigenvalue weighted by Gasteiger charge is 2.51. The molecule has 186 valence electrons. The minimum Gasteiger partial charge on any atom is -0.353 e. The van der Waals surface area contributed by atoms with Crippen LogP contribution in [0.2, 0.25) is 0 Å². The zero-order valence-electron chi connectivity index (χ0n) is 21.9. The number of anilines is 1. The van der Waals surface area contributed by atoms with Crippen molar-refractivity contribution < 1.29 is 0 Å². The summed E-state index contributed by atoms with van der Waals surface area (Å²) >= 11 is 0. The lowest BCUT2D eigenvalue weighted by Gasteiger charge is -2.60. The Bertz CT molecular complexity index is 1190. The van der Waals surface area contributed by atoms with Gasteiger partial charge in [0.25, 0.3) is 0 Å². The van der Waals surface area contributed by atoms with Gasteiger partial charge >= 0.3 is 0 Å². The molecule has 3 aliphatic heterocycles. The highest BCUT2D eigenvalue weighted by Crippen LogP contribution is 2.42. The first-order valence-electron chi connectivity index (χ1n) is 12.5. The Morgan fingerprint density at radius 3 is 2.37 bits per heavy atom. The van der Waals surface area contributed by atoms with E-state index < -0.39 is 0 Å². The van der Waals surface area contributed by atoms with Gasteiger partial charge in [0.15, 0.2) is 5.82 Å². The molecule has 6 rings (SSSR count). The van der Waals surface area contributed by atoms with Gasteiger partial charge in [-0.1, -0.05) is 13.8 Å². The SMILES string of the molecule is CC.Cc1cc2cnc(C)nc2c(N2CC3(CN(C)C3)C2)n1.Cc1cnn(C2CN(CC#N)C2)c1. The molecule has 0 aliphatic carbocycles.